The Morgan fingerprint density at radius 2 is 1.90 bits per heavy atom. The predicted molar refractivity (Wildman–Crippen MR) is 80.4 cm³/mol. The van der Waals surface area contributed by atoms with Crippen LogP contribution in [0.4, 0.5) is 14.6 Å². The van der Waals surface area contributed by atoms with E-state index in [9.17, 15) is 8.78 Å². The first kappa shape index (κ1) is 15.4. The third-order valence-electron chi connectivity index (χ3n) is 3.21. The van der Waals surface area contributed by atoms with E-state index in [0.29, 0.717) is 23.9 Å². The fourth-order valence-corrected chi connectivity index (χ4v) is 2.08. The van der Waals surface area contributed by atoms with E-state index in [-0.39, 0.29) is 11.5 Å². The quantitative estimate of drug-likeness (QED) is 0.913. The molecule has 0 saturated carbocycles. The lowest BCUT2D eigenvalue weighted by Crippen LogP contribution is -2.09. The summed E-state index contributed by atoms with van der Waals surface area (Å²) >= 11 is 0. The third-order valence-corrected chi connectivity index (χ3v) is 3.21. The molecule has 0 radical (unpaired) electrons. The number of hydrogen-bond donors (Lipinski definition) is 1. The standard InChI is InChI=1S/C16H19F2N3/c1-5-19-16-10(4)14(20-15(21-16)9(2)3)12-7-6-11(17)8-13(12)18/h6-9H,5H2,1-4H3,(H,19,20,21). The third kappa shape index (κ3) is 3.17. The summed E-state index contributed by atoms with van der Waals surface area (Å²) in [6.07, 6.45) is 0. The molecule has 1 aromatic heterocycles. The van der Waals surface area contributed by atoms with Gasteiger partial charge in [-0.15, -0.1) is 0 Å². The highest BCUT2D eigenvalue weighted by Crippen LogP contribution is 2.29. The van der Waals surface area contributed by atoms with E-state index in [0.717, 1.165) is 11.6 Å². The lowest BCUT2D eigenvalue weighted by molar-refractivity contribution is 0.585. The molecule has 1 N–H and O–H groups in total. The van der Waals surface area contributed by atoms with Gasteiger partial charge in [0.05, 0.1) is 5.69 Å². The second-order valence-electron chi connectivity index (χ2n) is 5.21. The van der Waals surface area contributed by atoms with Gasteiger partial charge in [0.25, 0.3) is 0 Å². The van der Waals surface area contributed by atoms with Crippen LogP contribution in [0.5, 0.6) is 0 Å². The maximum Gasteiger partial charge on any atom is 0.135 e. The van der Waals surface area contributed by atoms with Crippen LogP contribution in [-0.2, 0) is 0 Å². The lowest BCUT2D eigenvalue weighted by Gasteiger charge is -2.15. The highest BCUT2D eigenvalue weighted by molar-refractivity contribution is 5.68. The molecule has 0 aliphatic rings. The zero-order valence-corrected chi connectivity index (χ0v) is 12.7. The van der Waals surface area contributed by atoms with Gasteiger partial charge in [-0.25, -0.2) is 18.7 Å². The summed E-state index contributed by atoms with van der Waals surface area (Å²) in [5.74, 6) is 0.225. The number of benzene rings is 1. The SMILES string of the molecule is CCNc1nc(C(C)C)nc(-c2ccc(F)cc2F)c1C. The first-order valence-electron chi connectivity index (χ1n) is 7.01. The molecule has 0 aliphatic heterocycles. The smallest absolute Gasteiger partial charge is 0.135 e. The van der Waals surface area contributed by atoms with Gasteiger partial charge in [0.1, 0.15) is 23.3 Å². The maximum atomic E-state index is 14.0. The molecule has 3 nitrogen and oxygen atoms in total. The molecule has 5 heteroatoms. The second kappa shape index (κ2) is 6.16. The van der Waals surface area contributed by atoms with Crippen molar-refractivity contribution in [3.05, 3.63) is 41.2 Å². The van der Waals surface area contributed by atoms with Crippen molar-refractivity contribution >= 4 is 5.82 Å². The van der Waals surface area contributed by atoms with Gasteiger partial charge >= 0.3 is 0 Å². The fraction of sp³-hybridized carbons (Fsp3) is 0.375. The Morgan fingerprint density at radius 1 is 1.19 bits per heavy atom. The molecule has 0 spiro atoms. The van der Waals surface area contributed by atoms with Crippen molar-refractivity contribution in [2.45, 2.75) is 33.6 Å². The van der Waals surface area contributed by atoms with Gasteiger partial charge in [-0.05, 0) is 26.0 Å². The van der Waals surface area contributed by atoms with Crippen molar-refractivity contribution < 1.29 is 8.78 Å². The largest absolute Gasteiger partial charge is 0.370 e. The predicted octanol–water partition coefficient (Wildman–Crippen LogP) is 4.29. The van der Waals surface area contributed by atoms with E-state index in [2.05, 4.69) is 15.3 Å². The van der Waals surface area contributed by atoms with Crippen molar-refractivity contribution in [1.82, 2.24) is 9.97 Å². The zero-order chi connectivity index (χ0) is 15.6. The molecule has 0 aliphatic carbocycles. The fourth-order valence-electron chi connectivity index (χ4n) is 2.08. The summed E-state index contributed by atoms with van der Waals surface area (Å²) in [5, 5.41) is 3.16. The number of halogens is 2. The summed E-state index contributed by atoms with van der Waals surface area (Å²) in [6, 6.07) is 3.53. The van der Waals surface area contributed by atoms with Crippen LogP contribution in [0.2, 0.25) is 0 Å². The van der Waals surface area contributed by atoms with Crippen LogP contribution in [0.15, 0.2) is 18.2 Å². The molecule has 112 valence electrons. The summed E-state index contributed by atoms with van der Waals surface area (Å²) in [4.78, 5) is 8.94. The molecular formula is C16H19F2N3. The van der Waals surface area contributed by atoms with Crippen LogP contribution in [0.3, 0.4) is 0 Å². The van der Waals surface area contributed by atoms with Crippen LogP contribution >= 0.6 is 0 Å². The van der Waals surface area contributed by atoms with Crippen LogP contribution in [0, 0.1) is 18.6 Å². The van der Waals surface area contributed by atoms with E-state index in [1.807, 2.05) is 27.7 Å². The molecular weight excluding hydrogens is 272 g/mol. The van der Waals surface area contributed by atoms with Gasteiger partial charge in [0.15, 0.2) is 0 Å². The minimum absolute atomic E-state index is 0.116. The Bertz CT molecular complexity index is 654. The summed E-state index contributed by atoms with van der Waals surface area (Å²) in [6.45, 7) is 8.46. The van der Waals surface area contributed by atoms with Gasteiger partial charge in [0, 0.05) is 29.7 Å². The number of rotatable bonds is 4. The zero-order valence-electron chi connectivity index (χ0n) is 12.7. The number of aromatic nitrogens is 2. The lowest BCUT2D eigenvalue weighted by atomic mass is 10.1. The monoisotopic (exact) mass is 291 g/mol. The van der Waals surface area contributed by atoms with Gasteiger partial charge in [-0.3, -0.25) is 0 Å². The molecule has 1 heterocycles. The summed E-state index contributed by atoms with van der Waals surface area (Å²) < 4.78 is 27.1. The average Bonchev–Trinajstić information content (AvgIpc) is 2.41. The Kier molecular flexibility index (Phi) is 4.50. The molecule has 2 rings (SSSR count). The minimum atomic E-state index is -0.617. The minimum Gasteiger partial charge on any atom is -0.370 e. The highest BCUT2D eigenvalue weighted by Gasteiger charge is 2.17. The summed E-state index contributed by atoms with van der Waals surface area (Å²) in [5.41, 5.74) is 1.55. The van der Waals surface area contributed by atoms with Gasteiger partial charge in [0.2, 0.25) is 0 Å². The van der Waals surface area contributed by atoms with Crippen molar-refractivity contribution in [3.63, 3.8) is 0 Å². The Labute approximate surface area is 123 Å². The van der Waals surface area contributed by atoms with Gasteiger partial charge in [-0.1, -0.05) is 13.8 Å². The number of nitrogens with one attached hydrogen (secondary N) is 1. The first-order valence-corrected chi connectivity index (χ1v) is 7.01. The molecule has 2 aromatic rings. The molecule has 0 atom stereocenters. The highest BCUT2D eigenvalue weighted by atomic mass is 19.1. The van der Waals surface area contributed by atoms with E-state index in [4.69, 9.17) is 0 Å². The van der Waals surface area contributed by atoms with E-state index >= 15 is 0 Å². The number of hydrogen-bond acceptors (Lipinski definition) is 3. The van der Waals surface area contributed by atoms with E-state index < -0.39 is 11.6 Å². The van der Waals surface area contributed by atoms with Crippen LogP contribution < -0.4 is 5.32 Å². The van der Waals surface area contributed by atoms with Crippen LogP contribution in [-0.4, -0.2) is 16.5 Å². The van der Waals surface area contributed by atoms with Gasteiger partial charge < -0.3 is 5.32 Å². The van der Waals surface area contributed by atoms with Gasteiger partial charge in [-0.2, -0.15) is 0 Å². The van der Waals surface area contributed by atoms with E-state index in [1.54, 1.807) is 0 Å². The Hall–Kier alpha value is -2.04. The number of anilines is 1. The van der Waals surface area contributed by atoms with Crippen molar-refractivity contribution in [3.8, 4) is 11.3 Å². The average molecular weight is 291 g/mol. The summed E-state index contributed by atoms with van der Waals surface area (Å²) in [7, 11) is 0. The van der Waals surface area contributed by atoms with Crippen molar-refractivity contribution in [1.29, 1.82) is 0 Å². The van der Waals surface area contributed by atoms with E-state index in [1.165, 1.54) is 12.1 Å². The molecule has 0 unspecified atom stereocenters. The molecule has 1 aromatic carbocycles. The molecule has 0 fully saturated rings. The van der Waals surface area contributed by atoms with Crippen molar-refractivity contribution in [2.24, 2.45) is 0 Å². The molecule has 21 heavy (non-hydrogen) atoms. The Morgan fingerprint density at radius 3 is 2.48 bits per heavy atom. The normalized spacial score (nSPS) is 11.0. The first-order chi connectivity index (χ1) is 9.93. The molecule has 0 amide bonds. The van der Waals surface area contributed by atoms with Crippen molar-refractivity contribution in [2.75, 3.05) is 11.9 Å². The Balaban J connectivity index is 2.66. The van der Waals surface area contributed by atoms with Crippen LogP contribution in [0.1, 0.15) is 38.1 Å². The number of nitrogens with zero attached hydrogens (tertiary/aromatic N) is 2. The van der Waals surface area contributed by atoms with Crippen LogP contribution in [0.25, 0.3) is 11.3 Å². The topological polar surface area (TPSA) is 37.8 Å². The molecule has 0 saturated heterocycles. The second-order valence-corrected chi connectivity index (χ2v) is 5.21. The molecule has 0 bridgehead atoms. The maximum absolute atomic E-state index is 14.0.